The van der Waals surface area contributed by atoms with Gasteiger partial charge in [-0.25, -0.2) is 13.4 Å². The molecule has 7 heteroatoms. The molecule has 0 aliphatic heterocycles. The molecule has 0 unspecified atom stereocenters. The first kappa shape index (κ1) is 19.5. The van der Waals surface area contributed by atoms with Gasteiger partial charge < -0.3 is 0 Å². The van der Waals surface area contributed by atoms with E-state index in [1.54, 1.807) is 25.2 Å². The van der Waals surface area contributed by atoms with E-state index < -0.39 is 10.4 Å². The number of hydrogen-bond acceptors (Lipinski definition) is 6. The minimum atomic E-state index is -3.68. The van der Waals surface area contributed by atoms with Crippen molar-refractivity contribution in [2.75, 3.05) is 13.2 Å². The van der Waals surface area contributed by atoms with Gasteiger partial charge in [0, 0.05) is 5.56 Å². The van der Waals surface area contributed by atoms with E-state index in [4.69, 9.17) is 0 Å². The molecule has 25 heavy (non-hydrogen) atoms. The van der Waals surface area contributed by atoms with Crippen LogP contribution in [-0.2, 0) is 18.8 Å². The molecule has 0 spiro atoms. The second kappa shape index (κ2) is 9.05. The highest BCUT2D eigenvalue weighted by molar-refractivity contribution is 7.81. The van der Waals surface area contributed by atoms with Gasteiger partial charge in [0.15, 0.2) is 0 Å². The molecule has 0 N–H and O–H groups in total. The van der Waals surface area contributed by atoms with Crippen molar-refractivity contribution in [3.05, 3.63) is 53.5 Å². The molecule has 0 radical (unpaired) electrons. The summed E-state index contributed by atoms with van der Waals surface area (Å²) < 4.78 is 30.5. The summed E-state index contributed by atoms with van der Waals surface area (Å²) in [6, 6.07) is 16.8. The number of benzene rings is 2. The number of rotatable bonds is 5. The molecule has 2 aromatic carbocycles. The van der Waals surface area contributed by atoms with Crippen LogP contribution >= 0.6 is 11.3 Å². The number of nitrogens with zero attached hydrogens (tertiary/aromatic N) is 1. The number of fused-ring (bicyclic) bond motifs is 1. The highest BCUT2D eigenvalue weighted by Gasteiger charge is 2.07. The van der Waals surface area contributed by atoms with E-state index in [0.29, 0.717) is 0 Å². The Labute approximate surface area is 152 Å². The number of hydrogen-bond donors (Lipinski definition) is 0. The minimum Gasteiger partial charge on any atom is -0.248 e. The number of aromatic nitrogens is 1. The minimum absolute atomic E-state index is 0.113. The Morgan fingerprint density at radius 3 is 2.20 bits per heavy atom. The Kier molecular flexibility index (Phi) is 7.07. The molecule has 1 aromatic heterocycles. The molecule has 1 heterocycles. The van der Waals surface area contributed by atoms with Crippen molar-refractivity contribution in [1.82, 2.24) is 4.98 Å². The molecule has 3 rings (SSSR count). The van der Waals surface area contributed by atoms with Gasteiger partial charge in [-0.15, -0.1) is 11.3 Å². The highest BCUT2D eigenvalue weighted by Crippen LogP contribution is 2.30. The maximum atomic E-state index is 10.4. The topological polar surface area (TPSA) is 65.5 Å². The molecule has 0 bridgehead atoms. The molecular formula is C18H21NO4S2. The molecule has 0 saturated carbocycles. The monoisotopic (exact) mass is 379 g/mol. The van der Waals surface area contributed by atoms with Crippen molar-refractivity contribution in [2.45, 2.75) is 20.8 Å². The molecule has 0 atom stereocenters. The van der Waals surface area contributed by atoms with Gasteiger partial charge in [0.05, 0.1) is 28.4 Å². The quantitative estimate of drug-likeness (QED) is 0.649. The predicted octanol–water partition coefficient (Wildman–Crippen LogP) is 4.58. The van der Waals surface area contributed by atoms with Gasteiger partial charge in [-0.05, 0) is 32.4 Å². The third kappa shape index (κ3) is 5.61. The highest BCUT2D eigenvalue weighted by atomic mass is 32.3. The average Bonchev–Trinajstić information content (AvgIpc) is 2.96. The summed E-state index contributed by atoms with van der Waals surface area (Å²) in [6.45, 7) is 5.44. The predicted molar refractivity (Wildman–Crippen MR) is 102 cm³/mol. The molecule has 3 aromatic rings. The Morgan fingerprint density at radius 2 is 1.60 bits per heavy atom. The standard InChI is InChI=1S/C14H11NS.C4H10O4S/c1-10-15-14-12(8-5-9-13(14)16-10)11-6-3-2-4-7-11;1-3-7-9(5,6)8-4-2/h2-9H,1H3;3-4H2,1-2H3. The Bertz CT molecular complexity index is 893. The summed E-state index contributed by atoms with van der Waals surface area (Å²) in [4.78, 5) is 4.61. The second-order valence-electron chi connectivity index (χ2n) is 4.97. The van der Waals surface area contributed by atoms with Gasteiger partial charge in [0.1, 0.15) is 0 Å². The summed E-state index contributed by atoms with van der Waals surface area (Å²) in [5, 5.41) is 1.12. The third-order valence-electron chi connectivity index (χ3n) is 3.14. The van der Waals surface area contributed by atoms with Gasteiger partial charge in [-0.1, -0.05) is 42.5 Å². The van der Waals surface area contributed by atoms with E-state index in [2.05, 4.69) is 62.7 Å². The van der Waals surface area contributed by atoms with Crippen molar-refractivity contribution < 1.29 is 16.8 Å². The molecule has 0 fully saturated rings. The summed E-state index contributed by atoms with van der Waals surface area (Å²) in [5.41, 5.74) is 3.58. The molecule has 0 aliphatic carbocycles. The zero-order chi connectivity index (χ0) is 18.3. The lowest BCUT2D eigenvalue weighted by Crippen LogP contribution is -2.09. The van der Waals surface area contributed by atoms with Crippen LogP contribution < -0.4 is 0 Å². The first-order chi connectivity index (χ1) is 12.0. The fourth-order valence-electron chi connectivity index (χ4n) is 2.23. The molecule has 5 nitrogen and oxygen atoms in total. The fourth-order valence-corrected chi connectivity index (χ4v) is 3.73. The summed E-state index contributed by atoms with van der Waals surface area (Å²) in [7, 11) is -3.68. The van der Waals surface area contributed by atoms with E-state index in [-0.39, 0.29) is 13.2 Å². The van der Waals surface area contributed by atoms with Crippen LogP contribution in [0, 0.1) is 6.92 Å². The maximum absolute atomic E-state index is 10.4. The van der Waals surface area contributed by atoms with Gasteiger partial charge in [-0.2, -0.15) is 8.42 Å². The SMILES string of the molecule is CCOS(=O)(=O)OCC.Cc1nc2c(-c3ccccc3)cccc2s1. The lowest BCUT2D eigenvalue weighted by molar-refractivity contribution is 0.231. The van der Waals surface area contributed by atoms with Gasteiger partial charge >= 0.3 is 10.4 Å². The molecule has 0 aliphatic rings. The van der Waals surface area contributed by atoms with Gasteiger partial charge in [-0.3, -0.25) is 0 Å². The number of aryl methyl sites for hydroxylation is 1. The Hall–Kier alpha value is -1.80. The van der Waals surface area contributed by atoms with Crippen LogP contribution in [0.2, 0.25) is 0 Å². The van der Waals surface area contributed by atoms with Crippen molar-refractivity contribution in [3.8, 4) is 11.1 Å². The van der Waals surface area contributed by atoms with Crippen LogP contribution in [0.3, 0.4) is 0 Å². The first-order valence-electron chi connectivity index (χ1n) is 7.92. The van der Waals surface area contributed by atoms with Crippen LogP contribution in [0.25, 0.3) is 21.3 Å². The zero-order valence-electron chi connectivity index (χ0n) is 14.4. The lowest BCUT2D eigenvalue weighted by Gasteiger charge is -2.01. The second-order valence-corrected chi connectivity index (χ2v) is 7.50. The van der Waals surface area contributed by atoms with Gasteiger partial charge in [0.25, 0.3) is 0 Å². The third-order valence-corrected chi connectivity index (χ3v) is 5.12. The van der Waals surface area contributed by atoms with Crippen LogP contribution in [0.5, 0.6) is 0 Å². The summed E-state index contributed by atoms with van der Waals surface area (Å²) in [5.74, 6) is 0. The van der Waals surface area contributed by atoms with Crippen molar-refractivity contribution in [1.29, 1.82) is 0 Å². The normalized spacial score (nSPS) is 11.2. The van der Waals surface area contributed by atoms with Crippen LogP contribution in [0.1, 0.15) is 18.9 Å². The average molecular weight is 380 g/mol. The van der Waals surface area contributed by atoms with E-state index >= 15 is 0 Å². The largest absolute Gasteiger partial charge is 0.399 e. The van der Waals surface area contributed by atoms with E-state index in [0.717, 1.165) is 10.5 Å². The smallest absolute Gasteiger partial charge is 0.248 e. The Balaban J connectivity index is 0.000000217. The van der Waals surface area contributed by atoms with E-state index in [9.17, 15) is 8.42 Å². The molecule has 0 amide bonds. The zero-order valence-corrected chi connectivity index (χ0v) is 16.1. The van der Waals surface area contributed by atoms with Crippen molar-refractivity contribution >= 4 is 32.0 Å². The van der Waals surface area contributed by atoms with Crippen LogP contribution in [0.15, 0.2) is 48.5 Å². The van der Waals surface area contributed by atoms with Crippen molar-refractivity contribution in [3.63, 3.8) is 0 Å². The van der Waals surface area contributed by atoms with Crippen LogP contribution in [0.4, 0.5) is 0 Å². The Morgan fingerprint density at radius 1 is 0.960 bits per heavy atom. The van der Waals surface area contributed by atoms with Crippen LogP contribution in [-0.4, -0.2) is 26.6 Å². The summed E-state index contributed by atoms with van der Waals surface area (Å²) >= 11 is 1.75. The van der Waals surface area contributed by atoms with Crippen molar-refractivity contribution in [2.24, 2.45) is 0 Å². The number of thiazole rings is 1. The molecular weight excluding hydrogens is 358 g/mol. The maximum Gasteiger partial charge on any atom is 0.399 e. The molecule has 134 valence electrons. The number of para-hydroxylation sites is 1. The van der Waals surface area contributed by atoms with E-state index in [1.807, 2.05) is 6.07 Å². The first-order valence-corrected chi connectivity index (χ1v) is 10.1. The molecule has 0 saturated heterocycles. The summed E-state index contributed by atoms with van der Waals surface area (Å²) in [6.07, 6.45) is 0. The van der Waals surface area contributed by atoms with Gasteiger partial charge in [0.2, 0.25) is 0 Å². The fraction of sp³-hybridized carbons (Fsp3) is 0.278. The lowest BCUT2D eigenvalue weighted by atomic mass is 10.1. The van der Waals surface area contributed by atoms with E-state index in [1.165, 1.54) is 15.8 Å².